The lowest BCUT2D eigenvalue weighted by Crippen LogP contribution is -2.36. The molecule has 1 fully saturated rings. The SMILES string of the molecule is Cc1nc(NCCN(C)C)cc(Nc2ccccc2N2CCOCC2)n1. The second-order valence-electron chi connectivity index (χ2n) is 6.66. The molecule has 2 aromatic rings. The highest BCUT2D eigenvalue weighted by molar-refractivity contribution is 5.75. The summed E-state index contributed by atoms with van der Waals surface area (Å²) in [7, 11) is 4.12. The second-order valence-corrected chi connectivity index (χ2v) is 6.66. The van der Waals surface area contributed by atoms with Crippen molar-refractivity contribution in [3.05, 3.63) is 36.2 Å². The Balaban J connectivity index is 1.75. The maximum atomic E-state index is 5.47. The van der Waals surface area contributed by atoms with Gasteiger partial charge in [0.1, 0.15) is 17.5 Å². The number of benzene rings is 1. The van der Waals surface area contributed by atoms with Gasteiger partial charge in [0.2, 0.25) is 0 Å². The topological polar surface area (TPSA) is 65.6 Å². The molecule has 7 nitrogen and oxygen atoms in total. The molecule has 0 radical (unpaired) electrons. The van der Waals surface area contributed by atoms with Gasteiger partial charge in [-0.15, -0.1) is 0 Å². The van der Waals surface area contributed by atoms with Crippen LogP contribution in [0.25, 0.3) is 0 Å². The molecule has 1 aliphatic rings. The molecule has 1 aromatic heterocycles. The van der Waals surface area contributed by atoms with E-state index in [1.807, 2.05) is 19.1 Å². The quantitative estimate of drug-likeness (QED) is 0.789. The number of aromatic nitrogens is 2. The average Bonchev–Trinajstić information content (AvgIpc) is 2.62. The number of likely N-dealkylation sites (N-methyl/N-ethyl adjacent to an activating group) is 1. The molecule has 0 amide bonds. The number of aryl methyl sites for hydroxylation is 1. The van der Waals surface area contributed by atoms with E-state index in [2.05, 4.69) is 62.7 Å². The molecule has 2 heterocycles. The maximum absolute atomic E-state index is 5.47. The van der Waals surface area contributed by atoms with Gasteiger partial charge in [0.25, 0.3) is 0 Å². The summed E-state index contributed by atoms with van der Waals surface area (Å²) in [5.41, 5.74) is 2.22. The first-order valence-corrected chi connectivity index (χ1v) is 9.05. The van der Waals surface area contributed by atoms with E-state index >= 15 is 0 Å². The van der Waals surface area contributed by atoms with Gasteiger partial charge in [-0.1, -0.05) is 12.1 Å². The largest absolute Gasteiger partial charge is 0.378 e. The van der Waals surface area contributed by atoms with Gasteiger partial charge >= 0.3 is 0 Å². The molecule has 1 aromatic carbocycles. The van der Waals surface area contributed by atoms with Gasteiger partial charge in [0.15, 0.2) is 0 Å². The molecule has 1 aliphatic heterocycles. The summed E-state index contributed by atoms with van der Waals surface area (Å²) in [6.45, 7) is 7.04. The summed E-state index contributed by atoms with van der Waals surface area (Å²) in [6.07, 6.45) is 0. The van der Waals surface area contributed by atoms with Crippen molar-refractivity contribution in [2.75, 3.05) is 69.0 Å². The van der Waals surface area contributed by atoms with Gasteiger partial charge < -0.3 is 25.2 Å². The van der Waals surface area contributed by atoms with Crippen LogP contribution in [0.3, 0.4) is 0 Å². The van der Waals surface area contributed by atoms with E-state index in [0.717, 1.165) is 62.5 Å². The first-order chi connectivity index (χ1) is 12.6. The van der Waals surface area contributed by atoms with Crippen LogP contribution in [0.15, 0.2) is 30.3 Å². The van der Waals surface area contributed by atoms with Crippen LogP contribution in [-0.2, 0) is 4.74 Å². The molecule has 2 N–H and O–H groups in total. The molecule has 0 unspecified atom stereocenters. The minimum atomic E-state index is 0.742. The summed E-state index contributed by atoms with van der Waals surface area (Å²) in [4.78, 5) is 13.5. The molecule has 0 atom stereocenters. The Kier molecular flexibility index (Phi) is 6.25. The van der Waals surface area contributed by atoms with Crippen LogP contribution in [0, 0.1) is 6.92 Å². The van der Waals surface area contributed by atoms with Gasteiger partial charge in [-0.3, -0.25) is 0 Å². The van der Waals surface area contributed by atoms with Crippen LogP contribution in [0.2, 0.25) is 0 Å². The fourth-order valence-electron chi connectivity index (χ4n) is 2.93. The van der Waals surface area contributed by atoms with E-state index in [1.54, 1.807) is 0 Å². The molecule has 0 aliphatic carbocycles. The number of rotatable bonds is 7. The highest BCUT2D eigenvalue weighted by Crippen LogP contribution is 2.29. The Morgan fingerprint density at radius 1 is 1.12 bits per heavy atom. The molecular formula is C19H28N6O. The molecule has 7 heteroatoms. The molecular weight excluding hydrogens is 328 g/mol. The normalized spacial score (nSPS) is 14.5. The number of nitrogens with one attached hydrogen (secondary N) is 2. The third-order valence-electron chi connectivity index (χ3n) is 4.22. The molecule has 0 bridgehead atoms. The summed E-state index contributed by atoms with van der Waals surface area (Å²) < 4.78 is 5.47. The number of ether oxygens (including phenoxy) is 1. The molecule has 0 saturated carbocycles. The predicted molar refractivity (Wildman–Crippen MR) is 107 cm³/mol. The Hall–Kier alpha value is -2.38. The number of para-hydroxylation sites is 2. The average molecular weight is 356 g/mol. The summed E-state index contributed by atoms with van der Waals surface area (Å²) in [5.74, 6) is 2.38. The zero-order valence-corrected chi connectivity index (χ0v) is 15.8. The van der Waals surface area contributed by atoms with Gasteiger partial charge in [-0.2, -0.15) is 0 Å². The van der Waals surface area contributed by atoms with E-state index in [4.69, 9.17) is 4.74 Å². The zero-order chi connectivity index (χ0) is 18.4. The lowest BCUT2D eigenvalue weighted by atomic mass is 10.2. The van der Waals surface area contributed by atoms with Crippen molar-refractivity contribution in [3.8, 4) is 0 Å². The number of hydrogen-bond acceptors (Lipinski definition) is 7. The first-order valence-electron chi connectivity index (χ1n) is 9.05. The van der Waals surface area contributed by atoms with Gasteiger partial charge in [-0.25, -0.2) is 9.97 Å². The van der Waals surface area contributed by atoms with E-state index in [0.29, 0.717) is 0 Å². The van der Waals surface area contributed by atoms with E-state index in [1.165, 1.54) is 5.69 Å². The van der Waals surface area contributed by atoms with Crippen LogP contribution in [0.5, 0.6) is 0 Å². The Labute approximate surface area is 155 Å². The Morgan fingerprint density at radius 3 is 2.62 bits per heavy atom. The lowest BCUT2D eigenvalue weighted by molar-refractivity contribution is 0.123. The monoisotopic (exact) mass is 356 g/mol. The van der Waals surface area contributed by atoms with Gasteiger partial charge in [0.05, 0.1) is 24.6 Å². The van der Waals surface area contributed by atoms with Crippen molar-refractivity contribution >= 4 is 23.0 Å². The number of morpholine rings is 1. The van der Waals surface area contributed by atoms with Crippen molar-refractivity contribution in [2.24, 2.45) is 0 Å². The third-order valence-corrected chi connectivity index (χ3v) is 4.22. The van der Waals surface area contributed by atoms with Crippen molar-refractivity contribution in [3.63, 3.8) is 0 Å². The third kappa shape index (κ3) is 5.06. The molecule has 26 heavy (non-hydrogen) atoms. The van der Waals surface area contributed by atoms with E-state index in [9.17, 15) is 0 Å². The molecule has 1 saturated heterocycles. The number of anilines is 4. The van der Waals surface area contributed by atoms with Crippen LogP contribution in [0.4, 0.5) is 23.0 Å². The maximum Gasteiger partial charge on any atom is 0.136 e. The van der Waals surface area contributed by atoms with Crippen molar-refractivity contribution < 1.29 is 4.74 Å². The first kappa shape index (κ1) is 18.4. The predicted octanol–water partition coefficient (Wildman–Crippen LogP) is 2.34. The Bertz CT molecular complexity index is 715. The number of hydrogen-bond donors (Lipinski definition) is 2. The van der Waals surface area contributed by atoms with Crippen LogP contribution in [0.1, 0.15) is 5.82 Å². The highest BCUT2D eigenvalue weighted by Gasteiger charge is 2.15. The van der Waals surface area contributed by atoms with Crippen molar-refractivity contribution in [2.45, 2.75) is 6.92 Å². The standard InChI is InChI=1S/C19H28N6O/c1-15-21-18(20-8-9-24(2)3)14-19(22-15)23-16-6-4-5-7-17(16)25-10-12-26-13-11-25/h4-7,14H,8-13H2,1-3H3,(H2,20,21,22,23). The molecule has 140 valence electrons. The van der Waals surface area contributed by atoms with Gasteiger partial charge in [-0.05, 0) is 33.2 Å². The second kappa shape index (κ2) is 8.82. The highest BCUT2D eigenvalue weighted by atomic mass is 16.5. The Morgan fingerprint density at radius 2 is 1.85 bits per heavy atom. The number of nitrogens with zero attached hydrogens (tertiary/aromatic N) is 4. The van der Waals surface area contributed by atoms with Crippen molar-refractivity contribution in [1.29, 1.82) is 0 Å². The summed E-state index contributed by atoms with van der Waals surface area (Å²) >= 11 is 0. The van der Waals surface area contributed by atoms with E-state index in [-0.39, 0.29) is 0 Å². The van der Waals surface area contributed by atoms with Gasteiger partial charge in [0, 0.05) is 32.2 Å². The van der Waals surface area contributed by atoms with E-state index < -0.39 is 0 Å². The van der Waals surface area contributed by atoms with Crippen molar-refractivity contribution in [1.82, 2.24) is 14.9 Å². The van der Waals surface area contributed by atoms with Crippen LogP contribution < -0.4 is 15.5 Å². The molecule has 0 spiro atoms. The fraction of sp³-hybridized carbons (Fsp3) is 0.474. The molecule has 3 rings (SSSR count). The summed E-state index contributed by atoms with van der Waals surface area (Å²) in [5, 5.41) is 6.83. The summed E-state index contributed by atoms with van der Waals surface area (Å²) in [6, 6.07) is 10.3. The minimum Gasteiger partial charge on any atom is -0.378 e. The minimum absolute atomic E-state index is 0.742. The van der Waals surface area contributed by atoms with Crippen LogP contribution in [-0.4, -0.2) is 68.4 Å². The lowest BCUT2D eigenvalue weighted by Gasteiger charge is -2.30. The fourth-order valence-corrected chi connectivity index (χ4v) is 2.93. The smallest absolute Gasteiger partial charge is 0.136 e. The van der Waals surface area contributed by atoms with Crippen LogP contribution >= 0.6 is 0 Å². The zero-order valence-electron chi connectivity index (χ0n) is 15.8.